The number of allylic oxidation sites excluding steroid dienone is 2. The second-order valence-corrected chi connectivity index (χ2v) is 64.1. The first kappa shape index (κ1) is 43.4. The van der Waals surface area contributed by atoms with Gasteiger partial charge in [0.25, 0.3) is 0 Å². The molecule has 0 saturated heterocycles. The zero-order chi connectivity index (χ0) is 41.7. The van der Waals surface area contributed by atoms with Crippen LogP contribution in [-0.4, -0.2) is 13.0 Å². The quantitative estimate of drug-likeness (QED) is 0.175. The molecular formula is C51H67Cl2OSiZr. The normalized spacial score (nSPS) is 18.3. The van der Waals surface area contributed by atoms with E-state index in [4.69, 9.17) is 21.8 Å². The average Bonchev–Trinajstić information content (AvgIpc) is 3.62. The molecule has 0 aliphatic heterocycles. The number of hydrogen-bond donors (Lipinski definition) is 0. The minimum atomic E-state index is -5.06. The first-order chi connectivity index (χ1) is 25.6. The Morgan fingerprint density at radius 1 is 0.536 bits per heavy atom. The van der Waals surface area contributed by atoms with Crippen molar-refractivity contribution in [3.05, 3.63) is 122 Å². The summed E-state index contributed by atoms with van der Waals surface area (Å²) in [6, 6.07) is 25.8. The van der Waals surface area contributed by atoms with E-state index in [-0.39, 0.29) is 28.9 Å². The van der Waals surface area contributed by atoms with Crippen molar-refractivity contribution in [2.75, 3.05) is 7.11 Å². The van der Waals surface area contributed by atoms with E-state index >= 15 is 0 Å². The molecule has 299 valence electrons. The van der Waals surface area contributed by atoms with Crippen LogP contribution in [0.2, 0.25) is 13.1 Å². The van der Waals surface area contributed by atoms with Crippen molar-refractivity contribution in [3.63, 3.8) is 0 Å². The summed E-state index contributed by atoms with van der Waals surface area (Å²) in [6.45, 7) is 37.1. The van der Waals surface area contributed by atoms with Crippen molar-refractivity contribution in [1.29, 1.82) is 0 Å². The fraction of sp³-hybridized carbons (Fsp3) is 0.451. The Balaban J connectivity index is 1.62. The van der Waals surface area contributed by atoms with Crippen LogP contribution in [0.25, 0.3) is 34.4 Å². The van der Waals surface area contributed by atoms with Gasteiger partial charge in [0.2, 0.25) is 0 Å². The van der Waals surface area contributed by atoms with Crippen LogP contribution in [-0.2, 0) is 37.2 Å². The van der Waals surface area contributed by atoms with E-state index in [1.807, 2.05) is 0 Å². The molecule has 1 nitrogen and oxygen atoms in total. The van der Waals surface area contributed by atoms with Gasteiger partial charge < -0.3 is 0 Å². The van der Waals surface area contributed by atoms with E-state index in [1.54, 1.807) is 7.11 Å². The molecule has 0 radical (unpaired) electrons. The molecule has 2 unspecified atom stereocenters. The molecule has 0 fully saturated rings. The molecular weight excluding hydrogens is 819 g/mol. The predicted molar refractivity (Wildman–Crippen MR) is 248 cm³/mol. The van der Waals surface area contributed by atoms with Gasteiger partial charge in [-0.05, 0) is 0 Å². The van der Waals surface area contributed by atoms with Crippen LogP contribution < -0.4 is 4.74 Å². The summed E-state index contributed by atoms with van der Waals surface area (Å²) in [7, 11) is 19.4. The number of fused-ring (bicyclic) bond motifs is 2. The Morgan fingerprint density at radius 2 is 1.02 bits per heavy atom. The summed E-state index contributed by atoms with van der Waals surface area (Å²) in [5.74, 6) is -0.876. The molecule has 0 amide bonds. The van der Waals surface area contributed by atoms with Gasteiger partial charge in [-0.15, -0.1) is 0 Å². The molecule has 2 aliphatic carbocycles. The average molecular weight is 886 g/mol. The van der Waals surface area contributed by atoms with Gasteiger partial charge in [-0.2, -0.15) is 0 Å². The third-order valence-corrected chi connectivity index (χ3v) is 65.3. The number of hydrogen-bond acceptors (Lipinski definition) is 1. The van der Waals surface area contributed by atoms with Crippen LogP contribution in [0.5, 0.6) is 5.75 Å². The van der Waals surface area contributed by atoms with Crippen molar-refractivity contribution in [2.24, 2.45) is 0 Å². The van der Waals surface area contributed by atoms with Crippen LogP contribution in [0.15, 0.2) is 77.9 Å². The zero-order valence-electron chi connectivity index (χ0n) is 37.4. The predicted octanol–water partition coefficient (Wildman–Crippen LogP) is 15.8. The fourth-order valence-electron chi connectivity index (χ4n) is 9.42. The topological polar surface area (TPSA) is 9.23 Å². The van der Waals surface area contributed by atoms with Crippen LogP contribution in [0.1, 0.15) is 149 Å². The van der Waals surface area contributed by atoms with Gasteiger partial charge in [0.05, 0.1) is 0 Å². The molecule has 2 atom stereocenters. The third kappa shape index (κ3) is 7.37. The van der Waals surface area contributed by atoms with E-state index < -0.39 is 21.5 Å². The number of halogens is 2. The standard InChI is InChI=1S/C25H31O.C24H29.C2H7Si.2ClH.Zr/c1-16-11-21-20(9-10-23(26-8)22(21)12-16)17-13-18(24(2,3)4)15-19(14-17)25(5,6)7;1-16-12-18-14-20(24(5,6)7)15-22(21(18)13-16)17-8-10-19(11-9-17)23(2,3)4;1-3-2;;;/h9-15H,1-8H3;8-15H,1-7H3;3H,1-2H3;2*1H;/q;;;;;+2/p-2. The molecule has 6 rings (SSSR count). The molecule has 4 aromatic carbocycles. The van der Waals surface area contributed by atoms with Gasteiger partial charge in [0.15, 0.2) is 0 Å². The fourth-order valence-corrected chi connectivity index (χ4v) is 42.1. The molecule has 0 bridgehead atoms. The van der Waals surface area contributed by atoms with Crippen molar-refractivity contribution in [2.45, 2.75) is 139 Å². The summed E-state index contributed by atoms with van der Waals surface area (Å²) >= 11 is -5.06. The van der Waals surface area contributed by atoms with Gasteiger partial charge in [0.1, 0.15) is 0 Å². The van der Waals surface area contributed by atoms with Gasteiger partial charge in [-0.3, -0.25) is 0 Å². The summed E-state index contributed by atoms with van der Waals surface area (Å²) in [5.41, 5.74) is 18.0. The van der Waals surface area contributed by atoms with Crippen LogP contribution >= 0.6 is 17.0 Å². The molecule has 0 aromatic heterocycles. The Kier molecular flexibility index (Phi) is 11.0. The van der Waals surface area contributed by atoms with Crippen molar-refractivity contribution >= 4 is 35.1 Å². The number of ether oxygens (including phenoxy) is 1. The molecule has 5 heteroatoms. The van der Waals surface area contributed by atoms with Crippen LogP contribution in [0, 0.1) is 0 Å². The zero-order valence-corrected chi connectivity index (χ0v) is 42.5. The van der Waals surface area contributed by atoms with Crippen LogP contribution in [0.3, 0.4) is 0 Å². The molecule has 0 N–H and O–H groups in total. The Morgan fingerprint density at radius 3 is 1.50 bits per heavy atom. The molecule has 56 heavy (non-hydrogen) atoms. The van der Waals surface area contributed by atoms with E-state index in [9.17, 15) is 0 Å². The van der Waals surface area contributed by atoms with Crippen molar-refractivity contribution in [3.8, 4) is 28.0 Å². The second kappa shape index (κ2) is 14.2. The van der Waals surface area contributed by atoms with E-state index in [1.165, 1.54) is 77.9 Å². The third-order valence-electron chi connectivity index (χ3n) is 13.0. The molecule has 2 aliphatic rings. The molecule has 4 aromatic rings. The number of benzene rings is 4. The summed E-state index contributed by atoms with van der Waals surface area (Å²) < 4.78 is 6.23. The summed E-state index contributed by atoms with van der Waals surface area (Å²) in [5, 5.41) is 0. The van der Waals surface area contributed by atoms with E-state index in [2.05, 4.69) is 189 Å². The summed E-state index contributed by atoms with van der Waals surface area (Å²) in [4.78, 5) is 0. The van der Waals surface area contributed by atoms with Crippen molar-refractivity contribution < 1.29 is 20.3 Å². The Bertz CT molecular complexity index is 2230. The first-order valence-electron chi connectivity index (χ1n) is 20.7. The monoisotopic (exact) mass is 883 g/mol. The van der Waals surface area contributed by atoms with Gasteiger partial charge in [-0.25, -0.2) is 0 Å². The molecule has 0 heterocycles. The van der Waals surface area contributed by atoms with Gasteiger partial charge in [-0.1, -0.05) is 0 Å². The molecule has 0 saturated carbocycles. The van der Waals surface area contributed by atoms with Gasteiger partial charge in [0, 0.05) is 0 Å². The van der Waals surface area contributed by atoms with Gasteiger partial charge >= 0.3 is 352 Å². The number of methoxy groups -OCH3 is 1. The maximum absolute atomic E-state index is 8.82. The minimum absolute atomic E-state index is 0.00420. The summed E-state index contributed by atoms with van der Waals surface area (Å²) in [6.07, 6.45) is 4.85. The van der Waals surface area contributed by atoms with Crippen molar-refractivity contribution in [1.82, 2.24) is 0 Å². The SMILES string of the molecule is COc1ccc(-c2cc(C(C)(C)C)cc(C(C)(C)C)c2)c2c1[CH]([Zr]([Cl])([Cl])([CH]1C(C)=Cc3c(-c4ccc(C(C)(C)C)cc4)cc(C(C)(C)C)cc31)[SiH](C)C)C(C)=C2. The Labute approximate surface area is 349 Å². The molecule has 0 spiro atoms. The first-order valence-corrected chi connectivity index (χ1v) is 37.0. The maximum atomic E-state index is 8.82. The number of rotatable bonds is 6. The Hall–Kier alpha value is -2.16. The van der Waals surface area contributed by atoms with Crippen LogP contribution in [0.4, 0.5) is 0 Å². The second-order valence-electron chi connectivity index (χ2n) is 21.6. The van der Waals surface area contributed by atoms with E-state index in [0.29, 0.717) is 0 Å². The van der Waals surface area contributed by atoms with E-state index in [0.717, 1.165) is 5.75 Å².